The van der Waals surface area contributed by atoms with Gasteiger partial charge < -0.3 is 19.9 Å². The number of alkyl halides is 3. The van der Waals surface area contributed by atoms with Gasteiger partial charge in [-0.25, -0.2) is 4.98 Å². The van der Waals surface area contributed by atoms with Gasteiger partial charge in [0.05, 0.1) is 35.3 Å². The molecule has 1 amide bonds. The summed E-state index contributed by atoms with van der Waals surface area (Å²) in [6.07, 6.45) is -4.55. The normalized spacial score (nSPS) is 18.0. The van der Waals surface area contributed by atoms with Gasteiger partial charge >= 0.3 is 6.18 Å². The van der Waals surface area contributed by atoms with E-state index in [2.05, 4.69) is 10.3 Å². The van der Waals surface area contributed by atoms with E-state index in [-0.39, 0.29) is 24.5 Å². The molecule has 1 aromatic heterocycles. The molecule has 2 heterocycles. The third-order valence-electron chi connectivity index (χ3n) is 5.03. The summed E-state index contributed by atoms with van der Waals surface area (Å²) in [7, 11) is 0. The van der Waals surface area contributed by atoms with Gasteiger partial charge in [0.25, 0.3) is 0 Å². The molecule has 6 nitrogen and oxygen atoms in total. The molecule has 2 N–H and O–H groups in total. The van der Waals surface area contributed by atoms with Crippen molar-refractivity contribution in [2.45, 2.75) is 65.0 Å². The minimum atomic E-state index is -4.55. The van der Waals surface area contributed by atoms with Crippen LogP contribution in [0.3, 0.4) is 0 Å². The van der Waals surface area contributed by atoms with Crippen LogP contribution in [-0.4, -0.2) is 49.7 Å². The van der Waals surface area contributed by atoms with Gasteiger partial charge in [-0.05, 0) is 52.3 Å². The number of hydrogen-bond donors (Lipinski definition) is 2. The van der Waals surface area contributed by atoms with Crippen molar-refractivity contribution < 1.29 is 23.1 Å². The van der Waals surface area contributed by atoms with E-state index in [1.54, 1.807) is 50.2 Å². The third kappa shape index (κ3) is 4.40. The van der Waals surface area contributed by atoms with E-state index in [4.69, 9.17) is 0 Å². The lowest BCUT2D eigenvalue weighted by Gasteiger charge is -2.38. The minimum absolute atomic E-state index is 0.0588. The first-order chi connectivity index (χ1) is 13.2. The highest BCUT2D eigenvalue weighted by atomic mass is 19.4. The first-order valence-corrected chi connectivity index (χ1v) is 9.53. The molecule has 29 heavy (non-hydrogen) atoms. The number of fused-ring (bicyclic) bond motifs is 1. The van der Waals surface area contributed by atoms with Crippen LogP contribution < -0.4 is 5.32 Å². The summed E-state index contributed by atoms with van der Waals surface area (Å²) in [6, 6.07) is 2.71. The zero-order valence-corrected chi connectivity index (χ0v) is 17.3. The molecule has 2 aromatic rings. The van der Waals surface area contributed by atoms with E-state index < -0.39 is 22.9 Å². The van der Waals surface area contributed by atoms with Gasteiger partial charge in [-0.1, -0.05) is 0 Å². The summed E-state index contributed by atoms with van der Waals surface area (Å²) in [5, 5.41) is 13.5. The topological polar surface area (TPSA) is 70.4 Å². The van der Waals surface area contributed by atoms with E-state index in [0.717, 1.165) is 6.07 Å². The molecule has 0 saturated carbocycles. The van der Waals surface area contributed by atoms with Crippen LogP contribution in [0.4, 0.5) is 13.2 Å². The van der Waals surface area contributed by atoms with Crippen molar-refractivity contribution >= 4 is 16.9 Å². The van der Waals surface area contributed by atoms with Crippen LogP contribution in [0.5, 0.6) is 0 Å². The molecule has 1 aliphatic heterocycles. The smallest absolute Gasteiger partial charge is 0.389 e. The number of aryl methyl sites for hydroxylation is 1. The molecule has 1 saturated heterocycles. The van der Waals surface area contributed by atoms with Crippen LogP contribution in [0, 0.1) is 6.92 Å². The molecule has 1 aliphatic rings. The Bertz CT molecular complexity index is 942. The number of rotatable bonds is 4. The summed E-state index contributed by atoms with van der Waals surface area (Å²) in [4.78, 5) is 18.6. The summed E-state index contributed by atoms with van der Waals surface area (Å²) < 4.78 is 42.5. The predicted octanol–water partition coefficient (Wildman–Crippen LogP) is 2.84. The second-order valence-electron chi connectivity index (χ2n) is 8.88. The number of amides is 1. The van der Waals surface area contributed by atoms with Crippen LogP contribution in [0.25, 0.3) is 11.0 Å². The first-order valence-electron chi connectivity index (χ1n) is 9.53. The molecule has 0 radical (unpaired) electrons. The van der Waals surface area contributed by atoms with Crippen LogP contribution in [-0.2, 0) is 24.1 Å². The highest BCUT2D eigenvalue weighted by molar-refractivity contribution is 5.86. The summed E-state index contributed by atoms with van der Waals surface area (Å²) in [6.45, 7) is 9.45. The zero-order valence-electron chi connectivity index (χ0n) is 17.3. The second-order valence-corrected chi connectivity index (χ2v) is 8.88. The van der Waals surface area contributed by atoms with E-state index >= 15 is 0 Å². The molecule has 1 fully saturated rings. The Balaban J connectivity index is 2.15. The van der Waals surface area contributed by atoms with Crippen molar-refractivity contribution in [2.75, 3.05) is 13.1 Å². The SMILES string of the molecule is Cc1cc(C(F)(F)F)c2nc(CN3CCNC(C)(C)C3=O)n(CC(C)(C)O)c2c1. The Hall–Kier alpha value is -2.13. The zero-order chi connectivity index (χ0) is 21.8. The molecule has 0 aliphatic carbocycles. The van der Waals surface area contributed by atoms with Crippen molar-refractivity contribution in [1.82, 2.24) is 19.8 Å². The maximum absolute atomic E-state index is 13.6. The predicted molar refractivity (Wildman–Crippen MR) is 103 cm³/mol. The summed E-state index contributed by atoms with van der Waals surface area (Å²) >= 11 is 0. The van der Waals surface area contributed by atoms with Crippen molar-refractivity contribution in [3.05, 3.63) is 29.1 Å². The lowest BCUT2D eigenvalue weighted by Crippen LogP contribution is -2.60. The lowest BCUT2D eigenvalue weighted by atomic mass is 10.0. The van der Waals surface area contributed by atoms with Gasteiger partial charge in [-0.15, -0.1) is 0 Å². The van der Waals surface area contributed by atoms with Gasteiger partial charge in [0.15, 0.2) is 0 Å². The van der Waals surface area contributed by atoms with Crippen molar-refractivity contribution in [2.24, 2.45) is 0 Å². The average Bonchev–Trinajstić information content (AvgIpc) is 2.86. The quantitative estimate of drug-likeness (QED) is 0.810. The third-order valence-corrected chi connectivity index (χ3v) is 5.03. The fraction of sp³-hybridized carbons (Fsp3) is 0.600. The van der Waals surface area contributed by atoms with E-state index in [9.17, 15) is 23.1 Å². The van der Waals surface area contributed by atoms with E-state index in [1.165, 1.54) is 0 Å². The van der Waals surface area contributed by atoms with Crippen molar-refractivity contribution in [3.63, 3.8) is 0 Å². The molecule has 3 rings (SSSR count). The van der Waals surface area contributed by atoms with E-state index in [1.807, 2.05) is 0 Å². The van der Waals surface area contributed by atoms with Gasteiger partial charge in [-0.2, -0.15) is 13.2 Å². The van der Waals surface area contributed by atoms with Gasteiger partial charge in [-0.3, -0.25) is 4.79 Å². The Morgan fingerprint density at radius 1 is 1.28 bits per heavy atom. The Kier molecular flexibility index (Phi) is 5.20. The number of nitrogens with one attached hydrogen (secondary N) is 1. The molecular weight excluding hydrogens is 385 g/mol. The number of hydrogen-bond acceptors (Lipinski definition) is 4. The Labute approximate surface area is 167 Å². The van der Waals surface area contributed by atoms with Crippen LogP contribution in [0.2, 0.25) is 0 Å². The Morgan fingerprint density at radius 3 is 2.52 bits per heavy atom. The largest absolute Gasteiger partial charge is 0.418 e. The average molecular weight is 412 g/mol. The Morgan fingerprint density at radius 2 is 1.93 bits per heavy atom. The van der Waals surface area contributed by atoms with Crippen LogP contribution >= 0.6 is 0 Å². The number of aliphatic hydroxyl groups is 1. The molecule has 0 bridgehead atoms. The van der Waals surface area contributed by atoms with Crippen molar-refractivity contribution in [1.29, 1.82) is 0 Å². The standard InChI is InChI=1S/C20H27F3N4O2/c1-12-8-13(20(21,22)23)16-14(9-12)27(11-18(2,3)29)15(25-16)10-26-7-6-24-19(4,5)17(26)28/h8-9,24,29H,6-7,10-11H2,1-5H3. The molecule has 0 atom stereocenters. The summed E-state index contributed by atoms with van der Waals surface area (Å²) in [5.74, 6) is 0.183. The molecular formula is C20H27F3N4O2. The lowest BCUT2D eigenvalue weighted by molar-refractivity contribution is -0.140. The van der Waals surface area contributed by atoms with Gasteiger partial charge in [0.2, 0.25) is 5.91 Å². The maximum atomic E-state index is 13.6. The van der Waals surface area contributed by atoms with Crippen LogP contribution in [0.1, 0.15) is 44.6 Å². The number of halogens is 3. The highest BCUT2D eigenvalue weighted by Gasteiger charge is 2.38. The maximum Gasteiger partial charge on any atom is 0.418 e. The number of carbonyl (C=O) groups is 1. The molecule has 1 aromatic carbocycles. The number of benzene rings is 1. The number of aromatic nitrogens is 2. The highest BCUT2D eigenvalue weighted by Crippen LogP contribution is 2.36. The molecule has 9 heteroatoms. The summed E-state index contributed by atoms with van der Waals surface area (Å²) in [5.41, 5.74) is -2.14. The first kappa shape index (κ1) is 21.6. The van der Waals surface area contributed by atoms with Crippen molar-refractivity contribution in [3.8, 4) is 0 Å². The number of imidazole rings is 1. The number of piperazine rings is 1. The second kappa shape index (κ2) is 6.98. The number of carbonyl (C=O) groups excluding carboxylic acids is 1. The fourth-order valence-corrected chi connectivity index (χ4v) is 3.71. The van der Waals surface area contributed by atoms with Gasteiger partial charge in [0, 0.05) is 13.1 Å². The number of nitrogens with zero attached hydrogens (tertiary/aromatic N) is 3. The van der Waals surface area contributed by atoms with E-state index in [0.29, 0.717) is 30.0 Å². The monoisotopic (exact) mass is 412 g/mol. The molecule has 160 valence electrons. The fourth-order valence-electron chi connectivity index (χ4n) is 3.71. The van der Waals surface area contributed by atoms with Crippen LogP contribution in [0.15, 0.2) is 12.1 Å². The minimum Gasteiger partial charge on any atom is -0.389 e. The molecule has 0 spiro atoms. The molecule has 0 unspecified atom stereocenters. The van der Waals surface area contributed by atoms with Gasteiger partial charge in [0.1, 0.15) is 11.3 Å².